The Balaban J connectivity index is 3.56. The van der Waals surface area contributed by atoms with Crippen LogP contribution < -0.4 is 16.4 Å². The molecule has 0 saturated heterocycles. The number of nitrogens with zero attached hydrogens (tertiary/aromatic N) is 1. The first-order valence-electron chi connectivity index (χ1n) is 13.7. The van der Waals surface area contributed by atoms with Crippen molar-refractivity contribution in [2.45, 2.75) is 118 Å². The predicted molar refractivity (Wildman–Crippen MR) is 149 cm³/mol. The standard InChI is InChI=1S/C29H48N4O5/c1-9-11-12-17-31-26(35)25(22-18-19(3)13-14-20(22)4)33(21(5)10-2)27(36)23(15-16-24(30)34)32-28(37)38-29(6,7)8/h13-14,18,21,23,25H,9-12,15-17H2,1-8H3,(H2,30,34)(H,31,35)(H,32,37). The lowest BCUT2D eigenvalue weighted by Crippen LogP contribution is -2.55. The molecule has 0 aliphatic carbocycles. The minimum atomic E-state index is -1.10. The maximum atomic E-state index is 14.2. The lowest BCUT2D eigenvalue weighted by molar-refractivity contribution is -0.145. The third-order valence-electron chi connectivity index (χ3n) is 6.32. The van der Waals surface area contributed by atoms with E-state index in [2.05, 4.69) is 17.6 Å². The Labute approximate surface area is 228 Å². The van der Waals surface area contributed by atoms with E-state index in [0.717, 1.165) is 36.0 Å². The smallest absolute Gasteiger partial charge is 0.408 e. The van der Waals surface area contributed by atoms with Gasteiger partial charge in [0.2, 0.25) is 17.7 Å². The number of alkyl carbamates (subject to hydrolysis) is 1. The Bertz CT molecular complexity index is 957. The highest BCUT2D eigenvalue weighted by molar-refractivity contribution is 5.93. The third-order valence-corrected chi connectivity index (χ3v) is 6.32. The molecule has 3 atom stereocenters. The number of ether oxygens (including phenoxy) is 1. The maximum Gasteiger partial charge on any atom is 0.408 e. The first-order chi connectivity index (χ1) is 17.7. The molecule has 9 heteroatoms. The Morgan fingerprint density at radius 2 is 1.74 bits per heavy atom. The molecule has 0 heterocycles. The highest BCUT2D eigenvalue weighted by atomic mass is 16.6. The van der Waals surface area contributed by atoms with Crippen LogP contribution >= 0.6 is 0 Å². The highest BCUT2D eigenvalue weighted by Crippen LogP contribution is 2.30. The van der Waals surface area contributed by atoms with Crippen molar-refractivity contribution in [1.29, 1.82) is 0 Å². The Hall–Kier alpha value is -3.10. The van der Waals surface area contributed by atoms with Crippen LogP contribution in [0.5, 0.6) is 0 Å². The number of aryl methyl sites for hydroxylation is 2. The Morgan fingerprint density at radius 1 is 1.08 bits per heavy atom. The van der Waals surface area contributed by atoms with Gasteiger partial charge in [-0.2, -0.15) is 0 Å². The van der Waals surface area contributed by atoms with Crippen molar-refractivity contribution < 1.29 is 23.9 Å². The molecule has 4 N–H and O–H groups in total. The van der Waals surface area contributed by atoms with Gasteiger partial charge in [-0.05, 0) is 71.9 Å². The summed E-state index contributed by atoms with van der Waals surface area (Å²) >= 11 is 0. The van der Waals surface area contributed by atoms with Crippen molar-refractivity contribution in [2.24, 2.45) is 5.73 Å². The molecule has 0 fully saturated rings. The van der Waals surface area contributed by atoms with Gasteiger partial charge in [0.1, 0.15) is 17.7 Å². The van der Waals surface area contributed by atoms with Gasteiger partial charge in [0.25, 0.3) is 0 Å². The summed E-state index contributed by atoms with van der Waals surface area (Å²) in [6.07, 6.45) is 2.50. The third kappa shape index (κ3) is 10.7. The van der Waals surface area contributed by atoms with Gasteiger partial charge < -0.3 is 26.0 Å². The predicted octanol–water partition coefficient (Wildman–Crippen LogP) is 4.44. The van der Waals surface area contributed by atoms with Crippen LogP contribution in [-0.4, -0.2) is 52.9 Å². The number of nitrogens with one attached hydrogen (secondary N) is 2. The van der Waals surface area contributed by atoms with Crippen LogP contribution in [0.3, 0.4) is 0 Å². The van der Waals surface area contributed by atoms with E-state index in [1.807, 2.05) is 45.9 Å². The number of hydrogen-bond donors (Lipinski definition) is 3. The number of unbranched alkanes of at least 4 members (excludes halogenated alkanes) is 2. The molecular formula is C29H48N4O5. The molecule has 0 aromatic heterocycles. The summed E-state index contributed by atoms with van der Waals surface area (Å²) < 4.78 is 5.38. The lowest BCUT2D eigenvalue weighted by atomic mass is 9.94. The minimum absolute atomic E-state index is 0.0159. The largest absolute Gasteiger partial charge is 0.444 e. The average Bonchev–Trinajstić information content (AvgIpc) is 2.82. The molecule has 4 amide bonds. The molecular weight excluding hydrogens is 484 g/mol. The second-order valence-electron chi connectivity index (χ2n) is 11.0. The van der Waals surface area contributed by atoms with E-state index in [1.54, 1.807) is 25.7 Å². The zero-order valence-electron chi connectivity index (χ0n) is 24.5. The van der Waals surface area contributed by atoms with Crippen LogP contribution in [0.15, 0.2) is 18.2 Å². The van der Waals surface area contributed by atoms with Gasteiger partial charge in [0, 0.05) is 19.0 Å². The molecule has 0 spiro atoms. The summed E-state index contributed by atoms with van der Waals surface area (Å²) in [4.78, 5) is 53.7. The normalized spacial score (nSPS) is 13.7. The second kappa shape index (κ2) is 15.3. The van der Waals surface area contributed by atoms with Crippen LogP contribution in [0.1, 0.15) is 103 Å². The maximum absolute atomic E-state index is 14.2. The molecule has 0 saturated carbocycles. The number of primary amides is 1. The molecule has 0 bridgehead atoms. The Morgan fingerprint density at radius 3 is 2.29 bits per heavy atom. The number of carbonyl (C=O) groups excluding carboxylic acids is 4. The molecule has 1 aromatic rings. The Kier molecular flexibility index (Phi) is 13.3. The molecule has 214 valence electrons. The minimum Gasteiger partial charge on any atom is -0.444 e. The first kappa shape index (κ1) is 32.9. The van der Waals surface area contributed by atoms with E-state index in [9.17, 15) is 19.2 Å². The van der Waals surface area contributed by atoms with Gasteiger partial charge in [-0.1, -0.05) is 50.5 Å². The van der Waals surface area contributed by atoms with Crippen molar-refractivity contribution in [3.63, 3.8) is 0 Å². The number of carbonyl (C=O) groups is 4. The quantitative estimate of drug-likeness (QED) is 0.305. The molecule has 9 nitrogen and oxygen atoms in total. The van der Waals surface area contributed by atoms with Crippen molar-refractivity contribution in [3.05, 3.63) is 34.9 Å². The van der Waals surface area contributed by atoms with Crippen LogP contribution in [0.2, 0.25) is 0 Å². The fourth-order valence-corrected chi connectivity index (χ4v) is 4.12. The first-order valence-corrected chi connectivity index (χ1v) is 13.7. The fraction of sp³-hybridized carbons (Fsp3) is 0.655. The van der Waals surface area contributed by atoms with Crippen molar-refractivity contribution >= 4 is 23.8 Å². The van der Waals surface area contributed by atoms with E-state index in [4.69, 9.17) is 10.5 Å². The van der Waals surface area contributed by atoms with E-state index < -0.39 is 35.6 Å². The number of rotatable bonds is 14. The molecule has 1 rings (SSSR count). The van der Waals surface area contributed by atoms with E-state index in [0.29, 0.717) is 13.0 Å². The summed E-state index contributed by atoms with van der Waals surface area (Å²) in [5.74, 6) is -1.35. The molecule has 1 aromatic carbocycles. The topological polar surface area (TPSA) is 131 Å². The molecule has 3 unspecified atom stereocenters. The monoisotopic (exact) mass is 532 g/mol. The van der Waals surface area contributed by atoms with E-state index in [1.165, 1.54) is 0 Å². The van der Waals surface area contributed by atoms with Gasteiger partial charge in [0.05, 0.1) is 0 Å². The van der Waals surface area contributed by atoms with Crippen LogP contribution in [0.25, 0.3) is 0 Å². The number of nitrogens with two attached hydrogens (primary N) is 1. The number of benzene rings is 1. The summed E-state index contributed by atoms with van der Waals surface area (Å²) in [5, 5.41) is 5.65. The molecule has 38 heavy (non-hydrogen) atoms. The second-order valence-corrected chi connectivity index (χ2v) is 11.0. The average molecular weight is 533 g/mol. The summed E-state index contributed by atoms with van der Waals surface area (Å²) in [6, 6.07) is 3.45. The zero-order valence-corrected chi connectivity index (χ0v) is 24.5. The summed E-state index contributed by atoms with van der Waals surface area (Å²) in [7, 11) is 0. The number of hydrogen-bond acceptors (Lipinski definition) is 5. The molecule has 0 radical (unpaired) electrons. The van der Waals surface area contributed by atoms with Crippen molar-refractivity contribution in [3.8, 4) is 0 Å². The van der Waals surface area contributed by atoms with Crippen molar-refractivity contribution in [1.82, 2.24) is 15.5 Å². The van der Waals surface area contributed by atoms with E-state index >= 15 is 0 Å². The van der Waals surface area contributed by atoms with Crippen LogP contribution in [0, 0.1) is 13.8 Å². The fourth-order valence-electron chi connectivity index (χ4n) is 4.12. The van der Waals surface area contributed by atoms with Gasteiger partial charge in [0.15, 0.2) is 0 Å². The van der Waals surface area contributed by atoms with E-state index in [-0.39, 0.29) is 24.8 Å². The SMILES string of the molecule is CCCCCNC(=O)C(c1cc(C)ccc1C)N(C(=O)C(CCC(N)=O)NC(=O)OC(C)(C)C)C(C)CC. The van der Waals surface area contributed by atoms with Gasteiger partial charge in [-0.3, -0.25) is 14.4 Å². The lowest BCUT2D eigenvalue weighted by Gasteiger charge is -2.39. The van der Waals surface area contributed by atoms with Gasteiger partial charge >= 0.3 is 6.09 Å². The van der Waals surface area contributed by atoms with Gasteiger partial charge in [-0.15, -0.1) is 0 Å². The summed E-state index contributed by atoms with van der Waals surface area (Å²) in [5.41, 5.74) is 7.15. The van der Waals surface area contributed by atoms with Gasteiger partial charge in [-0.25, -0.2) is 4.79 Å². The zero-order chi connectivity index (χ0) is 29.0. The van der Waals surface area contributed by atoms with Crippen LogP contribution in [-0.2, 0) is 19.1 Å². The van der Waals surface area contributed by atoms with Crippen LogP contribution in [0.4, 0.5) is 4.79 Å². The number of amides is 4. The molecule has 0 aliphatic heterocycles. The van der Waals surface area contributed by atoms with Crippen molar-refractivity contribution in [2.75, 3.05) is 6.54 Å². The molecule has 0 aliphatic rings. The highest BCUT2D eigenvalue weighted by Gasteiger charge is 2.39. The summed E-state index contributed by atoms with van der Waals surface area (Å²) in [6.45, 7) is 15.4.